The molecule has 0 atom stereocenters. The average molecular weight is 417 g/mol. The highest BCUT2D eigenvalue weighted by Crippen LogP contribution is 2.29. The summed E-state index contributed by atoms with van der Waals surface area (Å²) in [5.41, 5.74) is -0.808. The molecule has 0 saturated heterocycles. The zero-order chi connectivity index (χ0) is 21.5. The molecule has 0 radical (unpaired) electrons. The lowest BCUT2D eigenvalue weighted by Gasteiger charge is -2.10. The van der Waals surface area contributed by atoms with Crippen molar-refractivity contribution >= 4 is 16.9 Å². The number of aryl methyl sites for hydroxylation is 1. The third kappa shape index (κ3) is 3.56. The first-order valence-corrected chi connectivity index (χ1v) is 7.60. The Bertz CT molecular complexity index is 1240. The van der Waals surface area contributed by atoms with Gasteiger partial charge in [0, 0.05) is 13.1 Å². The summed E-state index contributed by atoms with van der Waals surface area (Å²) in [7, 11) is 1.30. The Labute approximate surface area is 156 Å². The van der Waals surface area contributed by atoms with E-state index in [2.05, 4.69) is 9.15 Å². The first kappa shape index (κ1) is 20.0. The van der Waals surface area contributed by atoms with Gasteiger partial charge in [-0.1, -0.05) is 0 Å². The molecule has 0 amide bonds. The molecule has 1 heterocycles. The molecule has 0 aliphatic carbocycles. The fourth-order valence-electron chi connectivity index (χ4n) is 2.31. The summed E-state index contributed by atoms with van der Waals surface area (Å²) in [5.74, 6) is -15.9. The van der Waals surface area contributed by atoms with Crippen molar-refractivity contribution in [3.05, 3.63) is 68.3 Å². The normalized spacial score (nSPS) is 11.0. The van der Waals surface area contributed by atoms with E-state index in [4.69, 9.17) is 4.74 Å². The molecule has 3 aromatic rings. The number of hydrogen-bond acceptors (Lipinski definition) is 6. The number of nitrogens with zero attached hydrogens (tertiary/aromatic N) is 1. The smallest absolute Gasteiger partial charge is 0.422 e. The van der Waals surface area contributed by atoms with Gasteiger partial charge in [0.05, 0.1) is 10.9 Å². The Morgan fingerprint density at radius 3 is 2.21 bits per heavy atom. The topological polar surface area (TPSA) is 87.7 Å². The van der Waals surface area contributed by atoms with Crippen LogP contribution in [0.25, 0.3) is 10.9 Å². The van der Waals surface area contributed by atoms with Crippen molar-refractivity contribution in [2.75, 3.05) is 6.61 Å². The maximum Gasteiger partial charge on any atom is 0.422 e. The van der Waals surface area contributed by atoms with E-state index in [1.54, 1.807) is 0 Å². The number of benzene rings is 2. The standard InChI is InChI=1S/C17H8F5NO6/c1-23-8-4-6(2-3-7(8)16(25)29-17(23)26)27-5-9(24)28-15-13(21)11(19)10(18)12(20)14(15)22/h2-4H,5H2,1H3. The summed E-state index contributed by atoms with van der Waals surface area (Å²) < 4.78 is 80.9. The number of fused-ring (bicyclic) bond motifs is 1. The Hall–Kier alpha value is -3.70. The highest BCUT2D eigenvalue weighted by molar-refractivity contribution is 5.79. The largest absolute Gasteiger partial charge is 0.482 e. The van der Waals surface area contributed by atoms with Crippen LogP contribution in [0.3, 0.4) is 0 Å². The van der Waals surface area contributed by atoms with E-state index in [-0.39, 0.29) is 16.7 Å². The van der Waals surface area contributed by atoms with Gasteiger partial charge in [0.1, 0.15) is 5.75 Å². The molecule has 0 N–H and O–H groups in total. The van der Waals surface area contributed by atoms with Crippen LogP contribution in [0.15, 0.2) is 32.2 Å². The van der Waals surface area contributed by atoms with Crippen molar-refractivity contribution in [3.8, 4) is 11.5 Å². The van der Waals surface area contributed by atoms with Crippen LogP contribution in [0.4, 0.5) is 22.0 Å². The van der Waals surface area contributed by atoms with Crippen LogP contribution in [0.1, 0.15) is 0 Å². The molecular formula is C17H8F5NO6. The monoisotopic (exact) mass is 417 g/mol. The van der Waals surface area contributed by atoms with Crippen LogP contribution >= 0.6 is 0 Å². The lowest BCUT2D eigenvalue weighted by molar-refractivity contribution is -0.137. The second kappa shape index (κ2) is 7.37. The SMILES string of the molecule is Cn1c(=O)oc(=O)c2ccc(OCC(=O)Oc3c(F)c(F)c(F)c(F)c3F)cc21. The van der Waals surface area contributed by atoms with Gasteiger partial charge in [-0.15, -0.1) is 0 Å². The number of halogens is 5. The predicted octanol–water partition coefficient (Wildman–Crippen LogP) is 2.17. The molecule has 3 rings (SSSR count). The molecule has 0 spiro atoms. The van der Waals surface area contributed by atoms with E-state index in [9.17, 15) is 36.3 Å². The molecule has 0 aliphatic rings. The van der Waals surface area contributed by atoms with Crippen molar-refractivity contribution < 1.29 is 40.6 Å². The Morgan fingerprint density at radius 2 is 1.59 bits per heavy atom. The third-order valence-electron chi connectivity index (χ3n) is 3.75. The van der Waals surface area contributed by atoms with Crippen molar-refractivity contribution in [1.29, 1.82) is 0 Å². The van der Waals surface area contributed by atoms with Gasteiger partial charge in [-0.2, -0.15) is 8.78 Å². The van der Waals surface area contributed by atoms with Crippen LogP contribution in [0, 0.1) is 29.1 Å². The number of hydrogen-bond donors (Lipinski definition) is 0. The average Bonchev–Trinajstić information content (AvgIpc) is 2.70. The lowest BCUT2D eigenvalue weighted by Crippen LogP contribution is -2.23. The quantitative estimate of drug-likeness (QED) is 0.213. The maximum absolute atomic E-state index is 13.5. The Morgan fingerprint density at radius 1 is 1.00 bits per heavy atom. The number of aromatic nitrogens is 1. The van der Waals surface area contributed by atoms with Crippen LogP contribution in [-0.2, 0) is 11.8 Å². The van der Waals surface area contributed by atoms with Crippen LogP contribution in [0.5, 0.6) is 11.5 Å². The molecule has 29 heavy (non-hydrogen) atoms. The van der Waals surface area contributed by atoms with Gasteiger partial charge in [-0.05, 0) is 12.1 Å². The minimum Gasteiger partial charge on any atom is -0.482 e. The molecule has 0 bridgehead atoms. The molecule has 2 aromatic carbocycles. The van der Waals surface area contributed by atoms with E-state index in [0.717, 1.165) is 4.57 Å². The summed E-state index contributed by atoms with van der Waals surface area (Å²) in [5, 5.41) is 0.0310. The molecule has 0 unspecified atom stereocenters. The van der Waals surface area contributed by atoms with Gasteiger partial charge in [0.2, 0.25) is 34.8 Å². The van der Waals surface area contributed by atoms with Gasteiger partial charge in [-0.3, -0.25) is 4.57 Å². The van der Waals surface area contributed by atoms with Gasteiger partial charge < -0.3 is 13.9 Å². The molecule has 0 saturated carbocycles. The van der Waals surface area contributed by atoms with Gasteiger partial charge in [0.25, 0.3) is 0 Å². The second-order valence-corrected chi connectivity index (χ2v) is 5.56. The summed E-state index contributed by atoms with van der Waals surface area (Å²) in [4.78, 5) is 34.8. The second-order valence-electron chi connectivity index (χ2n) is 5.56. The molecule has 0 aliphatic heterocycles. The van der Waals surface area contributed by atoms with Crippen molar-refractivity contribution in [1.82, 2.24) is 4.57 Å². The third-order valence-corrected chi connectivity index (χ3v) is 3.75. The van der Waals surface area contributed by atoms with Gasteiger partial charge >= 0.3 is 17.4 Å². The van der Waals surface area contributed by atoms with E-state index in [1.807, 2.05) is 0 Å². The van der Waals surface area contributed by atoms with E-state index >= 15 is 0 Å². The van der Waals surface area contributed by atoms with Crippen LogP contribution < -0.4 is 20.9 Å². The predicted molar refractivity (Wildman–Crippen MR) is 85.1 cm³/mol. The summed E-state index contributed by atoms with van der Waals surface area (Å²) in [6, 6.07) is 3.64. The highest BCUT2D eigenvalue weighted by Gasteiger charge is 2.28. The Balaban J connectivity index is 1.81. The number of rotatable bonds is 4. The van der Waals surface area contributed by atoms with Crippen molar-refractivity contribution in [2.24, 2.45) is 7.05 Å². The minimum absolute atomic E-state index is 0.0310. The zero-order valence-corrected chi connectivity index (χ0v) is 14.2. The fraction of sp³-hybridized carbons (Fsp3) is 0.118. The molecule has 1 aromatic heterocycles. The summed E-state index contributed by atoms with van der Waals surface area (Å²) in [6.45, 7) is -0.986. The molecule has 7 nitrogen and oxygen atoms in total. The first-order chi connectivity index (χ1) is 13.6. The van der Waals surface area contributed by atoms with E-state index < -0.39 is 58.8 Å². The van der Waals surface area contributed by atoms with Crippen molar-refractivity contribution in [3.63, 3.8) is 0 Å². The van der Waals surface area contributed by atoms with Gasteiger partial charge in [-0.25, -0.2) is 27.6 Å². The highest BCUT2D eigenvalue weighted by atomic mass is 19.2. The van der Waals surface area contributed by atoms with Gasteiger partial charge in [0.15, 0.2) is 6.61 Å². The molecular weight excluding hydrogens is 409 g/mol. The number of ether oxygens (including phenoxy) is 2. The summed E-state index contributed by atoms with van der Waals surface area (Å²) in [6.07, 6.45) is 0. The summed E-state index contributed by atoms with van der Waals surface area (Å²) >= 11 is 0. The van der Waals surface area contributed by atoms with E-state index in [1.165, 1.54) is 25.2 Å². The zero-order valence-electron chi connectivity index (χ0n) is 14.2. The number of carbonyl (C=O) groups is 1. The van der Waals surface area contributed by atoms with Crippen LogP contribution in [0.2, 0.25) is 0 Å². The lowest BCUT2D eigenvalue weighted by atomic mass is 10.2. The van der Waals surface area contributed by atoms with E-state index in [0.29, 0.717) is 0 Å². The molecule has 12 heteroatoms. The number of esters is 1. The molecule has 152 valence electrons. The minimum atomic E-state index is -2.40. The molecule has 0 fully saturated rings. The Kier molecular flexibility index (Phi) is 5.10. The number of carbonyl (C=O) groups excluding carboxylic acids is 1. The fourth-order valence-corrected chi connectivity index (χ4v) is 2.31. The maximum atomic E-state index is 13.5. The van der Waals surface area contributed by atoms with Crippen LogP contribution in [-0.4, -0.2) is 17.1 Å². The van der Waals surface area contributed by atoms with Crippen molar-refractivity contribution in [2.45, 2.75) is 0 Å². The first-order valence-electron chi connectivity index (χ1n) is 7.60.